The number of carbonyl (C=O) groups is 1. The van der Waals surface area contributed by atoms with Crippen LogP contribution in [0.1, 0.15) is 46.7 Å². The molecule has 2 heterocycles. The average Bonchev–Trinajstić information content (AvgIpc) is 3.21. The van der Waals surface area contributed by atoms with Crippen molar-refractivity contribution in [2.45, 2.75) is 39.8 Å². The molecule has 1 aliphatic heterocycles. The quantitative estimate of drug-likeness (QED) is 0.618. The maximum absolute atomic E-state index is 13.1. The van der Waals surface area contributed by atoms with Gasteiger partial charge < -0.3 is 14.4 Å². The van der Waals surface area contributed by atoms with Crippen molar-refractivity contribution in [1.29, 1.82) is 0 Å². The number of methoxy groups -OCH3 is 1. The topological polar surface area (TPSA) is 90.7 Å². The lowest BCUT2D eigenvalue weighted by Crippen LogP contribution is -2.27. The summed E-state index contributed by atoms with van der Waals surface area (Å²) in [6, 6.07) is 3.02. The minimum atomic E-state index is -3.01. The summed E-state index contributed by atoms with van der Waals surface area (Å²) in [5.74, 6) is 0.870. The van der Waals surface area contributed by atoms with E-state index in [1.165, 1.54) is 7.11 Å². The zero-order chi connectivity index (χ0) is 22.9. The van der Waals surface area contributed by atoms with Gasteiger partial charge in [-0.2, -0.15) is 5.10 Å². The minimum Gasteiger partial charge on any atom is -0.493 e. The van der Waals surface area contributed by atoms with E-state index in [9.17, 15) is 13.2 Å². The minimum absolute atomic E-state index is 0.105. The maximum Gasteiger partial charge on any atom is 0.254 e. The number of sulfone groups is 1. The van der Waals surface area contributed by atoms with Crippen LogP contribution in [0.3, 0.4) is 0 Å². The van der Waals surface area contributed by atoms with Gasteiger partial charge in [-0.3, -0.25) is 9.48 Å². The average molecular weight is 470 g/mol. The second-order valence-electron chi connectivity index (χ2n) is 7.73. The molecule has 1 amide bonds. The van der Waals surface area contributed by atoms with Crippen molar-refractivity contribution in [3.8, 4) is 11.5 Å². The molecule has 31 heavy (non-hydrogen) atoms. The number of ether oxygens (including phenoxy) is 2. The van der Waals surface area contributed by atoms with Crippen LogP contribution in [0.15, 0.2) is 12.1 Å². The first-order valence-electron chi connectivity index (χ1n) is 10.1. The highest BCUT2D eigenvalue weighted by Crippen LogP contribution is 2.37. The van der Waals surface area contributed by atoms with E-state index in [0.717, 1.165) is 17.0 Å². The Morgan fingerprint density at radius 1 is 1.35 bits per heavy atom. The highest BCUT2D eigenvalue weighted by atomic mass is 35.5. The van der Waals surface area contributed by atoms with Crippen molar-refractivity contribution >= 4 is 27.3 Å². The van der Waals surface area contributed by atoms with Gasteiger partial charge in [0.1, 0.15) is 0 Å². The summed E-state index contributed by atoms with van der Waals surface area (Å²) in [4.78, 5) is 14.7. The van der Waals surface area contributed by atoms with Crippen molar-refractivity contribution in [2.75, 3.05) is 32.3 Å². The van der Waals surface area contributed by atoms with E-state index in [1.807, 2.05) is 20.8 Å². The number of aromatic nitrogens is 2. The van der Waals surface area contributed by atoms with Crippen LogP contribution in [0.2, 0.25) is 5.02 Å². The molecule has 1 saturated heterocycles. The summed E-state index contributed by atoms with van der Waals surface area (Å²) in [7, 11) is 0.185. The SMILES string of the molecule is CCOc1c(Cl)cc(C(=O)N(C)Cc2c(C)nn([C@@H]3CCS(=O)(=O)C3)c2C)cc1OC. The molecule has 0 N–H and O–H groups in total. The predicted octanol–water partition coefficient (Wildman–Crippen LogP) is 3.19. The third kappa shape index (κ3) is 4.82. The molecule has 10 heteroatoms. The van der Waals surface area contributed by atoms with Crippen molar-refractivity contribution < 1.29 is 22.7 Å². The Morgan fingerprint density at radius 2 is 2.06 bits per heavy atom. The van der Waals surface area contributed by atoms with Gasteiger partial charge in [-0.25, -0.2) is 8.42 Å². The molecule has 0 bridgehead atoms. The van der Waals surface area contributed by atoms with Gasteiger partial charge in [-0.15, -0.1) is 0 Å². The molecule has 3 rings (SSSR count). The molecule has 8 nitrogen and oxygen atoms in total. The van der Waals surface area contributed by atoms with Crippen molar-refractivity contribution in [3.05, 3.63) is 39.7 Å². The Morgan fingerprint density at radius 3 is 2.65 bits per heavy atom. The summed E-state index contributed by atoms with van der Waals surface area (Å²) < 4.78 is 36.4. The van der Waals surface area contributed by atoms with Gasteiger partial charge in [-0.05, 0) is 39.3 Å². The summed E-state index contributed by atoms with van der Waals surface area (Å²) in [5.41, 5.74) is 2.95. The lowest BCUT2D eigenvalue weighted by atomic mass is 10.1. The Kier molecular flexibility index (Phi) is 6.85. The number of benzene rings is 1. The van der Waals surface area contributed by atoms with E-state index < -0.39 is 9.84 Å². The number of amides is 1. The third-order valence-corrected chi connectivity index (χ3v) is 7.57. The largest absolute Gasteiger partial charge is 0.493 e. The molecular formula is C21H28ClN3O5S. The normalized spacial score (nSPS) is 17.5. The van der Waals surface area contributed by atoms with E-state index in [4.69, 9.17) is 21.1 Å². The number of halogens is 1. The molecule has 0 unspecified atom stereocenters. The molecule has 0 spiro atoms. The van der Waals surface area contributed by atoms with Gasteiger partial charge in [-0.1, -0.05) is 11.6 Å². The van der Waals surface area contributed by atoms with Gasteiger partial charge in [0, 0.05) is 30.4 Å². The van der Waals surface area contributed by atoms with Crippen LogP contribution in [0.5, 0.6) is 11.5 Å². The van der Waals surface area contributed by atoms with Gasteiger partial charge >= 0.3 is 0 Å². The molecule has 1 atom stereocenters. The Bertz CT molecular complexity index is 1100. The van der Waals surface area contributed by atoms with Crippen LogP contribution in [0.4, 0.5) is 0 Å². The molecule has 0 saturated carbocycles. The van der Waals surface area contributed by atoms with Crippen LogP contribution < -0.4 is 9.47 Å². The van der Waals surface area contributed by atoms with E-state index in [1.54, 1.807) is 28.8 Å². The molecule has 0 aliphatic carbocycles. The first kappa shape index (κ1) is 23.4. The lowest BCUT2D eigenvalue weighted by molar-refractivity contribution is 0.0784. The van der Waals surface area contributed by atoms with E-state index in [2.05, 4.69) is 5.10 Å². The molecule has 1 fully saturated rings. The number of aryl methyl sites for hydroxylation is 1. The second kappa shape index (κ2) is 9.08. The predicted molar refractivity (Wildman–Crippen MR) is 119 cm³/mol. The molecule has 1 aliphatic rings. The first-order valence-corrected chi connectivity index (χ1v) is 12.3. The summed E-state index contributed by atoms with van der Waals surface area (Å²) in [6.07, 6.45) is 0.559. The Hall–Kier alpha value is -2.26. The zero-order valence-corrected chi connectivity index (χ0v) is 20.0. The monoisotopic (exact) mass is 469 g/mol. The summed E-state index contributed by atoms with van der Waals surface area (Å²) in [5, 5.41) is 4.88. The van der Waals surface area contributed by atoms with Crippen LogP contribution in [-0.4, -0.2) is 61.3 Å². The van der Waals surface area contributed by atoms with E-state index in [-0.39, 0.29) is 23.5 Å². The standard InChI is InChI=1S/C21H28ClN3O5S/c1-6-30-20-18(22)9-15(10-19(20)29-5)21(26)24(4)11-17-13(2)23-25(14(17)3)16-7-8-31(27,28)12-16/h9-10,16H,6-8,11-12H2,1-5H3/t16-/m1/s1. The van der Waals surface area contributed by atoms with Crippen molar-refractivity contribution in [3.63, 3.8) is 0 Å². The van der Waals surface area contributed by atoms with Gasteiger partial charge in [0.2, 0.25) is 0 Å². The summed E-state index contributed by atoms with van der Waals surface area (Å²) in [6.45, 7) is 6.39. The molecule has 1 aromatic carbocycles. The highest BCUT2D eigenvalue weighted by molar-refractivity contribution is 7.91. The first-order chi connectivity index (χ1) is 14.6. The fourth-order valence-electron chi connectivity index (χ4n) is 3.91. The molecular weight excluding hydrogens is 442 g/mol. The fraction of sp³-hybridized carbons (Fsp3) is 0.524. The Labute approximate surface area is 188 Å². The number of hydrogen-bond donors (Lipinski definition) is 0. The maximum atomic E-state index is 13.1. The second-order valence-corrected chi connectivity index (χ2v) is 10.4. The van der Waals surface area contributed by atoms with Crippen molar-refractivity contribution in [1.82, 2.24) is 14.7 Å². The third-order valence-electron chi connectivity index (χ3n) is 5.54. The number of carbonyl (C=O) groups excluding carboxylic acids is 1. The molecule has 2 aromatic rings. The Balaban J connectivity index is 1.83. The number of rotatable bonds is 7. The van der Waals surface area contributed by atoms with Crippen LogP contribution in [0, 0.1) is 13.8 Å². The van der Waals surface area contributed by atoms with E-state index >= 15 is 0 Å². The van der Waals surface area contributed by atoms with E-state index in [0.29, 0.717) is 41.7 Å². The van der Waals surface area contributed by atoms with Gasteiger partial charge in [0.15, 0.2) is 21.3 Å². The van der Waals surface area contributed by atoms with Gasteiger partial charge in [0.05, 0.1) is 42.0 Å². The van der Waals surface area contributed by atoms with Crippen LogP contribution >= 0.6 is 11.6 Å². The highest BCUT2D eigenvalue weighted by Gasteiger charge is 2.31. The smallest absolute Gasteiger partial charge is 0.254 e. The lowest BCUT2D eigenvalue weighted by Gasteiger charge is -2.19. The zero-order valence-electron chi connectivity index (χ0n) is 18.4. The van der Waals surface area contributed by atoms with Crippen molar-refractivity contribution in [2.24, 2.45) is 0 Å². The number of hydrogen-bond acceptors (Lipinski definition) is 6. The summed E-state index contributed by atoms with van der Waals surface area (Å²) >= 11 is 6.31. The fourth-order valence-corrected chi connectivity index (χ4v) is 5.86. The molecule has 0 radical (unpaired) electrons. The van der Waals surface area contributed by atoms with Crippen LogP contribution in [0.25, 0.3) is 0 Å². The molecule has 170 valence electrons. The van der Waals surface area contributed by atoms with Crippen LogP contribution in [-0.2, 0) is 16.4 Å². The molecule has 1 aromatic heterocycles. The number of nitrogens with zero attached hydrogens (tertiary/aromatic N) is 3. The van der Waals surface area contributed by atoms with Gasteiger partial charge in [0.25, 0.3) is 5.91 Å².